The van der Waals surface area contributed by atoms with Crippen molar-refractivity contribution >= 4 is 39.5 Å². The Morgan fingerprint density at radius 2 is 0.489 bits per heavy atom. The Kier molecular flexibility index (Phi) is 65.5. The topological polar surface area (TPSA) is 237 Å². The predicted molar refractivity (Wildman–Crippen MR) is 381 cm³/mol. The van der Waals surface area contributed by atoms with Crippen molar-refractivity contribution in [3.63, 3.8) is 0 Å². The molecular formula is C75H146O17P2. The molecule has 0 bridgehead atoms. The van der Waals surface area contributed by atoms with Gasteiger partial charge in [-0.25, -0.2) is 9.13 Å². The minimum atomic E-state index is -4.96. The summed E-state index contributed by atoms with van der Waals surface area (Å²) in [5, 5.41) is 10.6. The monoisotopic (exact) mass is 1380 g/mol. The van der Waals surface area contributed by atoms with E-state index in [4.69, 9.17) is 37.0 Å². The Morgan fingerprint density at radius 3 is 0.723 bits per heavy atom. The first-order valence-electron chi connectivity index (χ1n) is 39.0. The lowest BCUT2D eigenvalue weighted by Crippen LogP contribution is -2.30. The molecule has 0 aliphatic heterocycles. The number of hydrogen-bond acceptors (Lipinski definition) is 15. The number of phosphoric acid groups is 2. The average molecular weight is 1380 g/mol. The molecule has 17 nitrogen and oxygen atoms in total. The third-order valence-electron chi connectivity index (χ3n) is 17.5. The second-order valence-corrected chi connectivity index (χ2v) is 30.9. The van der Waals surface area contributed by atoms with E-state index in [1.165, 1.54) is 205 Å². The van der Waals surface area contributed by atoms with Crippen LogP contribution in [0.25, 0.3) is 0 Å². The van der Waals surface area contributed by atoms with Crippen LogP contribution in [0, 0.1) is 11.8 Å². The Bertz CT molecular complexity index is 1820. The van der Waals surface area contributed by atoms with Crippen LogP contribution in [-0.4, -0.2) is 96.7 Å². The van der Waals surface area contributed by atoms with Crippen LogP contribution in [0.4, 0.5) is 0 Å². The molecule has 0 aliphatic carbocycles. The Balaban J connectivity index is 5.26. The Labute approximate surface area is 575 Å². The summed E-state index contributed by atoms with van der Waals surface area (Å²) in [5.41, 5.74) is 0. The summed E-state index contributed by atoms with van der Waals surface area (Å²) in [6.07, 6.45) is 53.9. The number of rotatable bonds is 74. The molecule has 558 valence electrons. The number of unbranched alkanes of at least 4 members (excludes halogenated alkanes) is 44. The van der Waals surface area contributed by atoms with E-state index in [2.05, 4.69) is 41.5 Å². The third kappa shape index (κ3) is 68.6. The molecule has 0 spiro atoms. The molecule has 0 aromatic heterocycles. The van der Waals surface area contributed by atoms with E-state index in [1.54, 1.807) is 0 Å². The number of ether oxygens (including phenoxy) is 4. The van der Waals surface area contributed by atoms with Crippen molar-refractivity contribution < 1.29 is 80.2 Å². The summed E-state index contributed by atoms with van der Waals surface area (Å²) in [6, 6.07) is 0. The molecule has 2 unspecified atom stereocenters. The second-order valence-electron chi connectivity index (χ2n) is 28.0. The molecule has 0 amide bonds. The van der Waals surface area contributed by atoms with E-state index >= 15 is 0 Å². The van der Waals surface area contributed by atoms with Crippen LogP contribution in [-0.2, 0) is 65.4 Å². The molecule has 0 aliphatic rings. The molecule has 0 saturated heterocycles. The largest absolute Gasteiger partial charge is 0.472 e. The highest BCUT2D eigenvalue weighted by Gasteiger charge is 2.30. The van der Waals surface area contributed by atoms with E-state index in [1.807, 2.05) is 0 Å². The molecule has 94 heavy (non-hydrogen) atoms. The maximum Gasteiger partial charge on any atom is 0.472 e. The lowest BCUT2D eigenvalue weighted by Gasteiger charge is -2.21. The second kappa shape index (κ2) is 66.9. The average Bonchev–Trinajstić information content (AvgIpc) is 1.80. The normalized spacial score (nSPS) is 14.0. The fraction of sp³-hybridized carbons (Fsp3) is 0.947. The minimum absolute atomic E-state index is 0.106. The molecule has 0 fully saturated rings. The van der Waals surface area contributed by atoms with E-state index in [0.717, 1.165) is 102 Å². The first-order valence-corrected chi connectivity index (χ1v) is 42.0. The maximum atomic E-state index is 13.1. The van der Waals surface area contributed by atoms with Gasteiger partial charge in [0.05, 0.1) is 26.4 Å². The van der Waals surface area contributed by atoms with Crippen LogP contribution in [0.5, 0.6) is 0 Å². The first kappa shape index (κ1) is 92.1. The van der Waals surface area contributed by atoms with Crippen molar-refractivity contribution in [2.24, 2.45) is 11.8 Å². The summed E-state index contributed by atoms with van der Waals surface area (Å²) < 4.78 is 68.5. The molecule has 0 saturated carbocycles. The van der Waals surface area contributed by atoms with Gasteiger partial charge in [-0.15, -0.1) is 0 Å². The maximum absolute atomic E-state index is 13.1. The predicted octanol–water partition coefficient (Wildman–Crippen LogP) is 21.9. The van der Waals surface area contributed by atoms with E-state index in [-0.39, 0.29) is 25.7 Å². The lowest BCUT2D eigenvalue weighted by atomic mass is 10.0. The molecule has 0 radical (unpaired) electrons. The van der Waals surface area contributed by atoms with Crippen molar-refractivity contribution in [1.29, 1.82) is 0 Å². The fourth-order valence-corrected chi connectivity index (χ4v) is 13.1. The molecule has 19 heteroatoms. The van der Waals surface area contributed by atoms with E-state index < -0.39 is 97.5 Å². The first-order chi connectivity index (χ1) is 45.4. The van der Waals surface area contributed by atoms with Gasteiger partial charge in [0, 0.05) is 25.7 Å². The van der Waals surface area contributed by atoms with Crippen LogP contribution in [0.15, 0.2) is 0 Å². The zero-order chi connectivity index (χ0) is 69.3. The molecule has 3 N–H and O–H groups in total. The molecule has 0 aromatic rings. The number of aliphatic hydroxyl groups is 1. The van der Waals surface area contributed by atoms with Crippen molar-refractivity contribution in [1.82, 2.24) is 0 Å². The molecular weight excluding hydrogens is 1230 g/mol. The van der Waals surface area contributed by atoms with Gasteiger partial charge in [0.1, 0.15) is 19.3 Å². The van der Waals surface area contributed by atoms with Crippen LogP contribution >= 0.6 is 15.6 Å². The van der Waals surface area contributed by atoms with Gasteiger partial charge in [0.15, 0.2) is 12.2 Å². The zero-order valence-corrected chi connectivity index (χ0v) is 63.1. The van der Waals surface area contributed by atoms with Crippen molar-refractivity contribution in [3.8, 4) is 0 Å². The Hall–Kier alpha value is -1.94. The fourth-order valence-electron chi connectivity index (χ4n) is 11.5. The van der Waals surface area contributed by atoms with E-state index in [9.17, 15) is 43.2 Å². The van der Waals surface area contributed by atoms with Gasteiger partial charge in [-0.1, -0.05) is 337 Å². The highest BCUT2D eigenvalue weighted by Crippen LogP contribution is 2.45. The van der Waals surface area contributed by atoms with Crippen molar-refractivity contribution in [2.75, 3.05) is 39.6 Å². The highest BCUT2D eigenvalue weighted by atomic mass is 31.2. The number of hydrogen-bond donors (Lipinski definition) is 3. The summed E-state index contributed by atoms with van der Waals surface area (Å²) in [4.78, 5) is 72.8. The van der Waals surface area contributed by atoms with Gasteiger partial charge < -0.3 is 33.8 Å². The van der Waals surface area contributed by atoms with Crippen LogP contribution in [0.1, 0.15) is 388 Å². The van der Waals surface area contributed by atoms with Gasteiger partial charge in [-0.2, -0.15) is 0 Å². The quantitative estimate of drug-likeness (QED) is 0.0222. The van der Waals surface area contributed by atoms with Gasteiger partial charge in [-0.05, 0) is 37.5 Å². The smallest absolute Gasteiger partial charge is 0.462 e. The minimum Gasteiger partial charge on any atom is -0.462 e. The van der Waals surface area contributed by atoms with E-state index in [0.29, 0.717) is 25.7 Å². The van der Waals surface area contributed by atoms with Gasteiger partial charge in [0.2, 0.25) is 0 Å². The molecule has 0 aromatic carbocycles. The van der Waals surface area contributed by atoms with Crippen molar-refractivity contribution in [3.05, 3.63) is 0 Å². The number of esters is 4. The summed E-state index contributed by atoms with van der Waals surface area (Å²) in [6.45, 7) is 9.59. The van der Waals surface area contributed by atoms with Crippen LogP contribution < -0.4 is 0 Å². The number of carbonyl (C=O) groups is 4. The van der Waals surface area contributed by atoms with Gasteiger partial charge in [0.25, 0.3) is 0 Å². The Morgan fingerprint density at radius 1 is 0.287 bits per heavy atom. The number of phosphoric ester groups is 2. The third-order valence-corrected chi connectivity index (χ3v) is 19.4. The van der Waals surface area contributed by atoms with Gasteiger partial charge >= 0.3 is 39.5 Å². The summed E-state index contributed by atoms with van der Waals surface area (Å²) in [7, 11) is -9.91. The van der Waals surface area contributed by atoms with Crippen LogP contribution in [0.2, 0.25) is 0 Å². The van der Waals surface area contributed by atoms with Gasteiger partial charge in [-0.3, -0.25) is 37.3 Å². The molecule has 0 rings (SSSR count). The standard InChI is InChI=1S/C75H146O17P2/c1-7-9-11-13-15-17-19-20-21-22-23-27-35-41-47-53-59-74(79)91-70(64-86-73(78)58-52-46-40-34-28-24-26-31-37-43-49-55-67(3)4)65-89-93(81,82)87-61-69(76)62-88-94(83,84)90-66-71(63-85-72(77)57-51-45-39-33-25-18-16-14-12-10-8-2)92-75(80)60-54-48-42-36-30-29-32-38-44-50-56-68(5)6/h67-71,76H,7-66H2,1-6H3,(H,81,82)(H,83,84)/t69-,70-,71-/m1/s1. The summed E-state index contributed by atoms with van der Waals surface area (Å²) >= 11 is 0. The SMILES string of the molecule is CCCCCCCCCCCCCCCCCCC(=O)O[C@H](COC(=O)CCCCCCCCCCCCCC(C)C)COP(=O)(O)OC[C@@H](O)COP(=O)(O)OC[C@@H](COC(=O)CCCCCCCCCCCCC)OC(=O)CCCCCCCCCCCCC(C)C. The molecule has 0 heterocycles. The highest BCUT2D eigenvalue weighted by molar-refractivity contribution is 7.47. The molecule has 5 atom stereocenters. The number of carbonyl (C=O) groups excluding carboxylic acids is 4. The zero-order valence-electron chi connectivity index (χ0n) is 61.3. The lowest BCUT2D eigenvalue weighted by molar-refractivity contribution is -0.161. The summed E-state index contributed by atoms with van der Waals surface area (Å²) in [5.74, 6) is -0.592. The van der Waals surface area contributed by atoms with Crippen molar-refractivity contribution in [2.45, 2.75) is 407 Å². The number of aliphatic hydroxyl groups excluding tert-OH is 1. The van der Waals surface area contributed by atoms with Crippen LogP contribution in [0.3, 0.4) is 0 Å².